The van der Waals surface area contributed by atoms with Crippen LogP contribution in [0, 0.1) is 0 Å². The van der Waals surface area contributed by atoms with E-state index in [-0.39, 0.29) is 47.8 Å². The summed E-state index contributed by atoms with van der Waals surface area (Å²) in [5.41, 5.74) is 2.16. The Morgan fingerprint density at radius 1 is 0.814 bits per heavy atom. The molecule has 6 N–H and O–H groups in total. The van der Waals surface area contributed by atoms with E-state index in [1.54, 1.807) is 42.5 Å². The number of carbonyl (C=O) groups is 3. The summed E-state index contributed by atoms with van der Waals surface area (Å²) in [5, 5.41) is 40.4. The number of halogens is 1. The number of nitrogens with one attached hydrogen (secondary N) is 3. The maximum absolute atomic E-state index is 13.8. The lowest BCUT2D eigenvalue weighted by Gasteiger charge is -2.26. The van der Waals surface area contributed by atoms with Crippen molar-refractivity contribution in [1.29, 1.82) is 0 Å². The van der Waals surface area contributed by atoms with Crippen LogP contribution in [-0.4, -0.2) is 39.1 Å². The lowest BCUT2D eigenvalue weighted by atomic mass is 9.92. The highest BCUT2D eigenvalue weighted by molar-refractivity contribution is 6.32. The van der Waals surface area contributed by atoms with Gasteiger partial charge in [0.15, 0.2) is 0 Å². The van der Waals surface area contributed by atoms with Crippen LogP contribution in [0.3, 0.4) is 0 Å². The molecule has 0 aromatic heterocycles. The van der Waals surface area contributed by atoms with Crippen LogP contribution in [0.4, 0.5) is 0 Å². The molecule has 2 atom stereocenters. The number of hydrogen-bond donors (Lipinski definition) is 6. The molecule has 8 bridgehead atoms. The number of benzene rings is 4. The zero-order valence-electron chi connectivity index (χ0n) is 22.6. The summed E-state index contributed by atoms with van der Waals surface area (Å²) in [7, 11) is 0. The predicted octanol–water partition coefficient (Wildman–Crippen LogP) is 3.99. The van der Waals surface area contributed by atoms with Crippen LogP contribution in [0.2, 0.25) is 5.02 Å². The standard InChI is InChI=1S/C32H26ClN3O7/c33-23-9-17-4-7-27(23)43-21-3-1-2-16(8-21)11-28(40)36-30-18-5-6-25(38)22(13-18)29-19(12-20(37)14-26(29)39)15-34-31(41)24(10-17)35-32(30)42/h1-9,12-14,24,30,37-39H,10-11,15H2,(H,34,41)(H,35,42)(H,36,40)/t24-,30-/m0/s1. The van der Waals surface area contributed by atoms with E-state index in [4.69, 9.17) is 16.3 Å². The Morgan fingerprint density at radius 2 is 1.65 bits per heavy atom. The number of amides is 3. The number of phenols is 3. The van der Waals surface area contributed by atoms with Gasteiger partial charge in [0, 0.05) is 30.2 Å². The fraction of sp³-hybridized carbons (Fsp3) is 0.156. The molecule has 3 aliphatic heterocycles. The van der Waals surface area contributed by atoms with Gasteiger partial charge in [0.05, 0.1) is 11.4 Å². The Kier molecular flexibility index (Phi) is 7.29. The van der Waals surface area contributed by atoms with Gasteiger partial charge in [-0.3, -0.25) is 14.4 Å². The number of hydrogen-bond acceptors (Lipinski definition) is 7. The van der Waals surface area contributed by atoms with Gasteiger partial charge in [-0.25, -0.2) is 0 Å². The van der Waals surface area contributed by atoms with E-state index in [0.717, 1.165) is 6.07 Å². The van der Waals surface area contributed by atoms with Crippen molar-refractivity contribution < 1.29 is 34.4 Å². The molecule has 0 saturated heterocycles. The first-order chi connectivity index (χ1) is 20.6. The molecule has 0 radical (unpaired) electrons. The second-order valence-electron chi connectivity index (χ2n) is 10.5. The van der Waals surface area contributed by atoms with Crippen molar-refractivity contribution in [2.45, 2.75) is 31.5 Å². The molecule has 0 saturated carbocycles. The van der Waals surface area contributed by atoms with E-state index in [9.17, 15) is 29.7 Å². The molecule has 218 valence electrons. The van der Waals surface area contributed by atoms with Crippen molar-refractivity contribution in [2.75, 3.05) is 0 Å². The molecule has 3 aliphatic rings. The second-order valence-corrected chi connectivity index (χ2v) is 10.9. The highest BCUT2D eigenvalue weighted by Crippen LogP contribution is 2.41. The molecule has 0 fully saturated rings. The van der Waals surface area contributed by atoms with Crippen LogP contribution in [-0.2, 0) is 33.8 Å². The minimum absolute atomic E-state index is 0.0483. The van der Waals surface area contributed by atoms with Crippen molar-refractivity contribution in [2.24, 2.45) is 0 Å². The van der Waals surface area contributed by atoms with Gasteiger partial charge in [-0.05, 0) is 64.7 Å². The smallest absolute Gasteiger partial charge is 0.247 e. The molecule has 3 heterocycles. The van der Waals surface area contributed by atoms with E-state index < -0.39 is 29.8 Å². The van der Waals surface area contributed by atoms with Gasteiger partial charge in [0.1, 0.15) is 40.8 Å². The molecular weight excluding hydrogens is 574 g/mol. The molecule has 4 aromatic rings. The zero-order valence-corrected chi connectivity index (χ0v) is 23.3. The third-order valence-electron chi connectivity index (χ3n) is 7.39. The summed E-state index contributed by atoms with van der Waals surface area (Å²) in [4.78, 5) is 40.7. The topological polar surface area (TPSA) is 157 Å². The number of ether oxygens (including phenoxy) is 1. The minimum Gasteiger partial charge on any atom is -0.508 e. The first kappa shape index (κ1) is 27.9. The van der Waals surface area contributed by atoms with Gasteiger partial charge < -0.3 is 36.0 Å². The summed E-state index contributed by atoms with van der Waals surface area (Å²) in [5.74, 6) is -1.67. The summed E-state index contributed by atoms with van der Waals surface area (Å²) < 4.78 is 5.97. The van der Waals surface area contributed by atoms with Crippen LogP contribution in [0.5, 0.6) is 28.7 Å². The van der Waals surface area contributed by atoms with Crippen LogP contribution in [0.15, 0.2) is 72.8 Å². The highest BCUT2D eigenvalue weighted by atomic mass is 35.5. The third-order valence-corrected chi connectivity index (χ3v) is 7.68. The Labute approximate surface area is 250 Å². The molecule has 0 unspecified atom stereocenters. The zero-order chi connectivity index (χ0) is 30.2. The Morgan fingerprint density at radius 3 is 2.47 bits per heavy atom. The maximum Gasteiger partial charge on any atom is 0.247 e. The van der Waals surface area contributed by atoms with Crippen molar-refractivity contribution in [3.63, 3.8) is 0 Å². The monoisotopic (exact) mass is 599 g/mol. The van der Waals surface area contributed by atoms with Crippen molar-refractivity contribution in [3.05, 3.63) is 100 Å². The molecule has 0 spiro atoms. The van der Waals surface area contributed by atoms with E-state index in [1.807, 2.05) is 0 Å². The van der Waals surface area contributed by atoms with Crippen LogP contribution in [0.25, 0.3) is 11.1 Å². The van der Waals surface area contributed by atoms with Crippen LogP contribution >= 0.6 is 11.6 Å². The average molecular weight is 600 g/mol. The van der Waals surface area contributed by atoms with E-state index in [2.05, 4.69) is 16.0 Å². The van der Waals surface area contributed by atoms with Crippen molar-refractivity contribution in [1.82, 2.24) is 16.0 Å². The lowest BCUT2D eigenvalue weighted by molar-refractivity contribution is -0.132. The molecule has 4 aromatic carbocycles. The number of fused-ring (bicyclic) bond motifs is 8. The quantitative estimate of drug-likeness (QED) is 0.178. The Hall–Kier alpha value is -5.22. The van der Waals surface area contributed by atoms with Crippen molar-refractivity contribution in [3.8, 4) is 39.9 Å². The SMILES string of the molecule is O=C1Cc2cccc(c2)Oc2ccc(cc2Cl)C[C@@H]2NC(=O)[C@@H](N1)c1ccc(O)c(c1)-c1c(O)cc(O)cc1CNC2=O. The maximum atomic E-state index is 13.8. The molecule has 11 heteroatoms. The molecule has 10 nitrogen and oxygen atoms in total. The van der Waals surface area contributed by atoms with Gasteiger partial charge >= 0.3 is 0 Å². The average Bonchev–Trinajstić information content (AvgIpc) is 2.95. The molecule has 43 heavy (non-hydrogen) atoms. The van der Waals surface area contributed by atoms with Gasteiger partial charge in [-0.1, -0.05) is 35.9 Å². The van der Waals surface area contributed by atoms with Crippen LogP contribution in [0.1, 0.15) is 28.3 Å². The Balaban J connectivity index is 1.52. The number of aromatic hydroxyl groups is 3. The predicted molar refractivity (Wildman–Crippen MR) is 157 cm³/mol. The van der Waals surface area contributed by atoms with Gasteiger partial charge in [-0.15, -0.1) is 0 Å². The summed E-state index contributed by atoms with van der Waals surface area (Å²) in [6.45, 7) is -0.141. The molecule has 7 rings (SSSR count). The third kappa shape index (κ3) is 5.77. The molecule has 3 amide bonds. The lowest BCUT2D eigenvalue weighted by Crippen LogP contribution is -2.51. The number of phenolic OH excluding ortho intramolecular Hbond substituents is 3. The first-order valence-corrected chi connectivity index (χ1v) is 13.8. The number of carbonyl (C=O) groups excluding carboxylic acids is 3. The summed E-state index contributed by atoms with van der Waals surface area (Å²) in [6, 6.07) is 16.4. The minimum atomic E-state index is -1.28. The number of rotatable bonds is 0. The van der Waals surface area contributed by atoms with Gasteiger partial charge in [0.2, 0.25) is 17.7 Å². The van der Waals surface area contributed by atoms with E-state index in [1.165, 1.54) is 24.3 Å². The van der Waals surface area contributed by atoms with E-state index in [0.29, 0.717) is 38.8 Å². The first-order valence-electron chi connectivity index (χ1n) is 13.5. The van der Waals surface area contributed by atoms with Crippen LogP contribution < -0.4 is 20.7 Å². The fourth-order valence-electron chi connectivity index (χ4n) is 5.36. The highest BCUT2D eigenvalue weighted by Gasteiger charge is 2.31. The summed E-state index contributed by atoms with van der Waals surface area (Å²) in [6.07, 6.45) is -0.0435. The fourth-order valence-corrected chi connectivity index (χ4v) is 5.60. The van der Waals surface area contributed by atoms with Crippen molar-refractivity contribution >= 4 is 29.3 Å². The Bertz CT molecular complexity index is 1790. The second kappa shape index (κ2) is 11.2. The van der Waals surface area contributed by atoms with Gasteiger partial charge in [-0.2, -0.15) is 0 Å². The summed E-state index contributed by atoms with van der Waals surface area (Å²) >= 11 is 6.53. The van der Waals surface area contributed by atoms with E-state index >= 15 is 0 Å². The normalized spacial score (nSPS) is 18.3. The largest absolute Gasteiger partial charge is 0.508 e. The molecule has 0 aliphatic carbocycles. The van der Waals surface area contributed by atoms with Gasteiger partial charge in [0.25, 0.3) is 0 Å². The molecular formula is C32H26ClN3O7.